The van der Waals surface area contributed by atoms with Gasteiger partial charge in [0, 0.05) is 5.71 Å². The summed E-state index contributed by atoms with van der Waals surface area (Å²) in [5, 5.41) is 5.74. The number of carbonyl (C=O) groups excluding carboxylic acids is 2. The smallest absolute Gasteiger partial charge is 0.311 e. The summed E-state index contributed by atoms with van der Waals surface area (Å²) in [6.07, 6.45) is -0.0763. The van der Waals surface area contributed by atoms with Crippen LogP contribution in [-0.4, -0.2) is 37.2 Å². The second-order valence-electron chi connectivity index (χ2n) is 6.91. The average molecular weight is 407 g/mol. The Morgan fingerprint density at radius 2 is 1.97 bits per heavy atom. The second kappa shape index (κ2) is 8.36. The minimum Gasteiger partial charge on any atom is -0.469 e. The number of nitrogens with zero attached hydrogens (tertiary/aromatic N) is 3. The number of amides is 1. The van der Waals surface area contributed by atoms with Crippen molar-refractivity contribution in [3.8, 4) is 11.5 Å². The van der Waals surface area contributed by atoms with Gasteiger partial charge >= 0.3 is 5.97 Å². The topological polar surface area (TPSA) is 89.8 Å². The van der Waals surface area contributed by atoms with Crippen LogP contribution in [0.2, 0.25) is 0 Å². The molecule has 154 valence electrons. The van der Waals surface area contributed by atoms with Gasteiger partial charge in [0.1, 0.15) is 5.92 Å². The van der Waals surface area contributed by atoms with Crippen molar-refractivity contribution in [1.29, 1.82) is 0 Å². The average Bonchev–Trinajstić information content (AvgIpc) is 3.36. The van der Waals surface area contributed by atoms with Crippen LogP contribution in [-0.2, 0) is 20.9 Å². The number of benzene rings is 2. The number of para-hydroxylation sites is 1. The minimum absolute atomic E-state index is 0.0763. The molecule has 0 radical (unpaired) electrons. The maximum absolute atomic E-state index is 13.1. The van der Waals surface area contributed by atoms with Crippen molar-refractivity contribution in [2.24, 2.45) is 16.0 Å². The Morgan fingerprint density at radius 1 is 1.20 bits per heavy atom. The minimum atomic E-state index is -0.710. The molecule has 0 bridgehead atoms. The Hall–Kier alpha value is -3.68. The first-order valence-electron chi connectivity index (χ1n) is 9.49. The number of aliphatic imine (C=N–C) groups is 1. The summed E-state index contributed by atoms with van der Waals surface area (Å²) in [6.45, 7) is 2.35. The molecule has 0 saturated heterocycles. The monoisotopic (exact) mass is 407 g/mol. The summed E-state index contributed by atoms with van der Waals surface area (Å²) in [6, 6.07) is 14.7. The molecule has 0 N–H and O–H groups in total. The zero-order valence-corrected chi connectivity index (χ0v) is 16.7. The van der Waals surface area contributed by atoms with Gasteiger partial charge in [0.15, 0.2) is 11.5 Å². The molecule has 30 heavy (non-hydrogen) atoms. The van der Waals surface area contributed by atoms with Gasteiger partial charge in [-0.05, 0) is 36.8 Å². The number of hydrogen-bond donors (Lipinski definition) is 0. The maximum Gasteiger partial charge on any atom is 0.311 e. The van der Waals surface area contributed by atoms with Crippen LogP contribution in [0.15, 0.2) is 58.6 Å². The Labute approximate surface area is 173 Å². The molecule has 0 fully saturated rings. The van der Waals surface area contributed by atoms with Crippen molar-refractivity contribution >= 4 is 29.0 Å². The van der Waals surface area contributed by atoms with Gasteiger partial charge in [-0.15, -0.1) is 0 Å². The zero-order chi connectivity index (χ0) is 21.1. The van der Waals surface area contributed by atoms with E-state index < -0.39 is 11.9 Å². The normalized spacial score (nSPS) is 17.9. The van der Waals surface area contributed by atoms with Gasteiger partial charge in [-0.2, -0.15) is 10.1 Å². The van der Waals surface area contributed by atoms with E-state index in [0.717, 1.165) is 5.56 Å². The molecule has 0 spiro atoms. The molecule has 1 atom stereocenters. The van der Waals surface area contributed by atoms with E-state index in [1.165, 1.54) is 12.1 Å². The number of rotatable bonds is 6. The van der Waals surface area contributed by atoms with Gasteiger partial charge in [0.05, 0.1) is 31.5 Å². The second-order valence-corrected chi connectivity index (χ2v) is 6.91. The van der Waals surface area contributed by atoms with Gasteiger partial charge in [-0.1, -0.05) is 24.3 Å². The summed E-state index contributed by atoms with van der Waals surface area (Å²) in [5.41, 5.74) is 2.56. The molecule has 2 aliphatic heterocycles. The first-order chi connectivity index (χ1) is 14.6. The lowest BCUT2D eigenvalue weighted by molar-refractivity contribution is -0.139. The Bertz CT molecular complexity index is 1030. The first kappa shape index (κ1) is 19.6. The van der Waals surface area contributed by atoms with Crippen molar-refractivity contribution in [3.63, 3.8) is 0 Å². The van der Waals surface area contributed by atoms with Crippen LogP contribution in [0.3, 0.4) is 0 Å². The van der Waals surface area contributed by atoms with Crippen LogP contribution in [0.1, 0.15) is 18.9 Å². The van der Waals surface area contributed by atoms with Gasteiger partial charge in [0.2, 0.25) is 6.79 Å². The molecule has 2 aromatic carbocycles. The maximum atomic E-state index is 13.1. The molecule has 8 heteroatoms. The van der Waals surface area contributed by atoms with Crippen molar-refractivity contribution in [2.75, 3.05) is 18.9 Å². The van der Waals surface area contributed by atoms with Gasteiger partial charge in [-0.3, -0.25) is 14.6 Å². The zero-order valence-electron chi connectivity index (χ0n) is 16.7. The van der Waals surface area contributed by atoms with Crippen molar-refractivity contribution in [3.05, 3.63) is 54.1 Å². The molecule has 2 aromatic rings. The van der Waals surface area contributed by atoms with Crippen LogP contribution in [0.25, 0.3) is 0 Å². The largest absolute Gasteiger partial charge is 0.469 e. The number of hydrazone groups is 1. The number of anilines is 1. The third-order valence-electron chi connectivity index (χ3n) is 4.94. The van der Waals surface area contributed by atoms with E-state index in [0.29, 0.717) is 35.2 Å². The molecular weight excluding hydrogens is 386 g/mol. The van der Waals surface area contributed by atoms with Crippen molar-refractivity contribution in [1.82, 2.24) is 0 Å². The van der Waals surface area contributed by atoms with E-state index in [-0.39, 0.29) is 19.1 Å². The van der Waals surface area contributed by atoms with Gasteiger partial charge in [-0.25, -0.2) is 0 Å². The SMILES string of the molecule is COC(=O)CC1=NN(c2ccccc2)C(=O)C1C(C)=NCc1ccc2c(c1)OCO2. The summed E-state index contributed by atoms with van der Waals surface area (Å²) >= 11 is 0. The van der Waals surface area contributed by atoms with E-state index in [1.807, 2.05) is 36.4 Å². The van der Waals surface area contributed by atoms with Crippen molar-refractivity contribution in [2.45, 2.75) is 19.9 Å². The molecule has 8 nitrogen and oxygen atoms in total. The number of fused-ring (bicyclic) bond motifs is 1. The van der Waals surface area contributed by atoms with Crippen LogP contribution in [0, 0.1) is 5.92 Å². The van der Waals surface area contributed by atoms with Crippen LogP contribution >= 0.6 is 0 Å². The molecule has 4 rings (SSSR count). The lowest BCUT2D eigenvalue weighted by Crippen LogP contribution is -2.33. The molecular formula is C22H21N3O5. The molecule has 2 heterocycles. The summed E-state index contributed by atoms with van der Waals surface area (Å²) < 4.78 is 15.5. The van der Waals surface area contributed by atoms with E-state index in [2.05, 4.69) is 10.1 Å². The lowest BCUT2D eigenvalue weighted by Gasteiger charge is -2.14. The van der Waals surface area contributed by atoms with Crippen molar-refractivity contribution < 1.29 is 23.8 Å². The summed E-state index contributed by atoms with van der Waals surface area (Å²) in [4.78, 5) is 29.6. The third-order valence-corrected chi connectivity index (χ3v) is 4.94. The standard InChI is InChI=1S/C22H21N3O5/c1-14(23-12-15-8-9-18-19(10-15)30-13-29-18)21-17(11-20(26)28-2)24-25(22(21)27)16-6-4-3-5-7-16/h3-10,21H,11-13H2,1-2H3. The Morgan fingerprint density at radius 3 is 2.73 bits per heavy atom. The summed E-state index contributed by atoms with van der Waals surface area (Å²) in [5.74, 6) is -0.0210. The fourth-order valence-electron chi connectivity index (χ4n) is 3.38. The predicted octanol–water partition coefficient (Wildman–Crippen LogP) is 2.96. The summed E-state index contributed by atoms with van der Waals surface area (Å²) in [7, 11) is 1.31. The molecule has 0 aromatic heterocycles. The molecule has 1 unspecified atom stereocenters. The van der Waals surface area contributed by atoms with Gasteiger partial charge < -0.3 is 14.2 Å². The molecule has 1 amide bonds. The number of ether oxygens (including phenoxy) is 3. The van der Waals surface area contributed by atoms with E-state index in [9.17, 15) is 9.59 Å². The molecule has 0 aliphatic carbocycles. The number of carbonyl (C=O) groups is 2. The first-order valence-corrected chi connectivity index (χ1v) is 9.49. The number of methoxy groups -OCH3 is 1. The highest BCUT2D eigenvalue weighted by Gasteiger charge is 2.39. The predicted molar refractivity (Wildman–Crippen MR) is 111 cm³/mol. The highest BCUT2D eigenvalue weighted by atomic mass is 16.7. The van der Waals surface area contributed by atoms with E-state index >= 15 is 0 Å². The van der Waals surface area contributed by atoms with Crippen LogP contribution in [0.5, 0.6) is 11.5 Å². The highest BCUT2D eigenvalue weighted by Crippen LogP contribution is 2.33. The van der Waals surface area contributed by atoms with Crippen LogP contribution < -0.4 is 14.5 Å². The fourth-order valence-corrected chi connectivity index (χ4v) is 3.38. The molecule has 2 aliphatic rings. The number of hydrogen-bond acceptors (Lipinski definition) is 7. The van der Waals surface area contributed by atoms with E-state index in [1.54, 1.807) is 19.1 Å². The van der Waals surface area contributed by atoms with Gasteiger partial charge in [0.25, 0.3) is 5.91 Å². The third kappa shape index (κ3) is 3.89. The molecule has 0 saturated carbocycles. The van der Waals surface area contributed by atoms with E-state index in [4.69, 9.17) is 14.2 Å². The Balaban J connectivity index is 1.58. The van der Waals surface area contributed by atoms with Crippen LogP contribution in [0.4, 0.5) is 5.69 Å². The quantitative estimate of drug-likeness (QED) is 0.543. The Kier molecular flexibility index (Phi) is 5.47. The lowest BCUT2D eigenvalue weighted by atomic mass is 9.95. The number of esters is 1. The fraction of sp³-hybridized carbons (Fsp3) is 0.273. The highest BCUT2D eigenvalue weighted by molar-refractivity contribution is 6.30.